The van der Waals surface area contributed by atoms with E-state index in [1.165, 1.54) is 19.6 Å². The number of nitrogens with zero attached hydrogens (tertiary/aromatic N) is 5. The molecule has 168 valence electrons. The number of carbonyl (C=O) groups excluding carboxylic acids is 1. The molecule has 1 aromatic rings. The van der Waals surface area contributed by atoms with Gasteiger partial charge < -0.3 is 20.9 Å². The quantitative estimate of drug-likeness (QED) is 0.534. The van der Waals surface area contributed by atoms with Crippen LogP contribution in [0.4, 0.5) is 17.6 Å². The Kier molecular flexibility index (Phi) is 8.27. The number of aromatic nitrogens is 2. The van der Waals surface area contributed by atoms with Gasteiger partial charge in [0.2, 0.25) is 11.9 Å². The third-order valence-electron chi connectivity index (χ3n) is 5.91. The Balaban J connectivity index is 1.46. The molecule has 3 rings (SSSR count). The molecule has 0 spiro atoms. The minimum absolute atomic E-state index is 0.0824. The van der Waals surface area contributed by atoms with Gasteiger partial charge in [0.1, 0.15) is 11.6 Å². The van der Waals surface area contributed by atoms with E-state index in [-0.39, 0.29) is 5.91 Å². The van der Waals surface area contributed by atoms with E-state index in [1.807, 2.05) is 0 Å². The molecule has 2 aliphatic rings. The van der Waals surface area contributed by atoms with Crippen LogP contribution in [0, 0.1) is 5.92 Å². The van der Waals surface area contributed by atoms with Crippen LogP contribution in [0.25, 0.3) is 0 Å². The molecule has 1 aromatic heterocycles. The summed E-state index contributed by atoms with van der Waals surface area (Å²) in [4.78, 5) is 28.4. The van der Waals surface area contributed by atoms with E-state index in [2.05, 4.69) is 45.9 Å². The molecule has 30 heavy (non-hydrogen) atoms. The number of amides is 1. The molecule has 1 amide bonds. The minimum Gasteiger partial charge on any atom is -0.383 e. The van der Waals surface area contributed by atoms with Crippen LogP contribution in [-0.4, -0.2) is 78.0 Å². The molecule has 1 fully saturated rings. The molecular formula is C22H39N7O. The first-order valence-electron chi connectivity index (χ1n) is 11.6. The standard InChI is InChI=1S/C22H39N7O/c1-4-5-8-24-22-25-20(23)18-15-19(30)29(21(18)26-22)10-7-6-9-27-11-13-28(14-12-27)16-17(2)3/h17H,4-16H2,1-3H3,(H3,23,24,25,26). The maximum atomic E-state index is 12.5. The molecule has 0 atom stereocenters. The molecule has 0 bridgehead atoms. The minimum atomic E-state index is 0.0824. The summed E-state index contributed by atoms with van der Waals surface area (Å²) in [6.07, 6.45) is 4.53. The zero-order valence-electron chi connectivity index (χ0n) is 19.0. The average molecular weight is 418 g/mol. The first-order chi connectivity index (χ1) is 14.5. The van der Waals surface area contributed by atoms with Gasteiger partial charge in [-0.1, -0.05) is 27.2 Å². The van der Waals surface area contributed by atoms with Crippen molar-refractivity contribution in [1.29, 1.82) is 0 Å². The van der Waals surface area contributed by atoms with Crippen molar-refractivity contribution in [2.75, 3.05) is 68.3 Å². The Morgan fingerprint density at radius 1 is 1.03 bits per heavy atom. The van der Waals surface area contributed by atoms with Crippen molar-refractivity contribution in [3.05, 3.63) is 5.56 Å². The van der Waals surface area contributed by atoms with Crippen LogP contribution in [-0.2, 0) is 11.2 Å². The van der Waals surface area contributed by atoms with Crippen LogP contribution >= 0.6 is 0 Å². The summed E-state index contributed by atoms with van der Waals surface area (Å²) < 4.78 is 0. The topological polar surface area (TPSA) is 90.6 Å². The van der Waals surface area contributed by atoms with Crippen molar-refractivity contribution in [2.45, 2.75) is 52.9 Å². The summed E-state index contributed by atoms with van der Waals surface area (Å²) in [6.45, 7) is 15.1. The molecule has 3 N–H and O–H groups in total. The lowest BCUT2D eigenvalue weighted by Gasteiger charge is -2.35. The van der Waals surface area contributed by atoms with Crippen LogP contribution in [0.15, 0.2) is 0 Å². The molecule has 3 heterocycles. The lowest BCUT2D eigenvalue weighted by molar-refractivity contribution is -0.117. The lowest BCUT2D eigenvalue weighted by Crippen LogP contribution is -2.47. The van der Waals surface area contributed by atoms with Gasteiger partial charge >= 0.3 is 0 Å². The number of anilines is 3. The largest absolute Gasteiger partial charge is 0.383 e. The molecule has 8 nitrogen and oxygen atoms in total. The third kappa shape index (κ3) is 6.04. The second kappa shape index (κ2) is 10.9. The molecule has 1 saturated heterocycles. The molecule has 0 unspecified atom stereocenters. The highest BCUT2D eigenvalue weighted by Crippen LogP contribution is 2.31. The smallest absolute Gasteiger partial charge is 0.232 e. The number of unbranched alkanes of at least 4 members (excludes halogenated alkanes) is 2. The maximum absolute atomic E-state index is 12.5. The van der Waals surface area contributed by atoms with Crippen molar-refractivity contribution in [1.82, 2.24) is 19.8 Å². The lowest BCUT2D eigenvalue weighted by atomic mass is 10.2. The third-order valence-corrected chi connectivity index (χ3v) is 5.91. The number of nitrogen functional groups attached to an aromatic ring is 1. The second-order valence-corrected chi connectivity index (χ2v) is 8.98. The zero-order chi connectivity index (χ0) is 21.5. The summed E-state index contributed by atoms with van der Waals surface area (Å²) in [5.41, 5.74) is 6.89. The van der Waals surface area contributed by atoms with Crippen molar-refractivity contribution in [3.63, 3.8) is 0 Å². The van der Waals surface area contributed by atoms with E-state index in [1.54, 1.807) is 4.90 Å². The fourth-order valence-electron chi connectivity index (χ4n) is 4.25. The van der Waals surface area contributed by atoms with E-state index in [4.69, 9.17) is 5.73 Å². The van der Waals surface area contributed by atoms with Crippen LogP contribution in [0.5, 0.6) is 0 Å². The molecular weight excluding hydrogens is 378 g/mol. The van der Waals surface area contributed by atoms with Crippen LogP contribution in [0.1, 0.15) is 52.0 Å². The highest BCUT2D eigenvalue weighted by Gasteiger charge is 2.31. The number of piperazine rings is 1. The van der Waals surface area contributed by atoms with Gasteiger partial charge in [0.25, 0.3) is 0 Å². The van der Waals surface area contributed by atoms with Gasteiger partial charge in [-0.2, -0.15) is 9.97 Å². The first-order valence-corrected chi connectivity index (χ1v) is 11.6. The summed E-state index contributed by atoms with van der Waals surface area (Å²) >= 11 is 0. The Morgan fingerprint density at radius 2 is 1.73 bits per heavy atom. The van der Waals surface area contributed by atoms with Crippen molar-refractivity contribution in [3.8, 4) is 0 Å². The van der Waals surface area contributed by atoms with Crippen LogP contribution in [0.3, 0.4) is 0 Å². The molecule has 0 aliphatic carbocycles. The second-order valence-electron chi connectivity index (χ2n) is 8.98. The van der Waals surface area contributed by atoms with Crippen molar-refractivity contribution in [2.24, 2.45) is 5.92 Å². The van der Waals surface area contributed by atoms with Gasteiger partial charge in [0, 0.05) is 51.4 Å². The summed E-state index contributed by atoms with van der Waals surface area (Å²) in [5.74, 6) is 2.47. The highest BCUT2D eigenvalue weighted by atomic mass is 16.2. The van der Waals surface area contributed by atoms with E-state index in [0.29, 0.717) is 30.5 Å². The van der Waals surface area contributed by atoms with Crippen LogP contribution in [0.2, 0.25) is 0 Å². The van der Waals surface area contributed by atoms with Gasteiger partial charge in [0.15, 0.2) is 0 Å². The van der Waals surface area contributed by atoms with E-state index >= 15 is 0 Å². The predicted octanol–water partition coefficient (Wildman–Crippen LogP) is 2.21. The Labute approximate surface area is 181 Å². The molecule has 0 aromatic carbocycles. The number of hydrogen-bond acceptors (Lipinski definition) is 7. The number of nitrogens with two attached hydrogens (primary N) is 1. The fraction of sp³-hybridized carbons (Fsp3) is 0.773. The number of rotatable bonds is 11. The summed E-state index contributed by atoms with van der Waals surface area (Å²) in [6, 6.07) is 0. The normalized spacial score (nSPS) is 17.7. The maximum Gasteiger partial charge on any atom is 0.232 e. The van der Waals surface area contributed by atoms with E-state index in [0.717, 1.165) is 63.3 Å². The van der Waals surface area contributed by atoms with Gasteiger partial charge in [-0.15, -0.1) is 0 Å². The summed E-state index contributed by atoms with van der Waals surface area (Å²) in [5, 5.41) is 3.23. The monoisotopic (exact) mass is 417 g/mol. The Hall–Kier alpha value is -1.93. The van der Waals surface area contributed by atoms with Crippen LogP contribution < -0.4 is 16.0 Å². The molecule has 8 heteroatoms. The highest BCUT2D eigenvalue weighted by molar-refractivity contribution is 6.01. The molecule has 2 aliphatic heterocycles. The predicted molar refractivity (Wildman–Crippen MR) is 123 cm³/mol. The Bertz CT molecular complexity index is 701. The SMILES string of the molecule is CCCCNc1nc(N)c2c(n1)N(CCCCN1CCN(CC(C)C)CC1)C(=O)C2. The zero-order valence-corrected chi connectivity index (χ0v) is 19.0. The van der Waals surface area contributed by atoms with Gasteiger partial charge in [-0.25, -0.2) is 0 Å². The molecule has 0 saturated carbocycles. The average Bonchev–Trinajstić information content (AvgIpc) is 3.02. The Morgan fingerprint density at radius 3 is 2.43 bits per heavy atom. The molecule has 0 radical (unpaired) electrons. The van der Waals surface area contributed by atoms with Crippen molar-refractivity contribution < 1.29 is 4.79 Å². The first kappa shape index (κ1) is 22.7. The number of carbonyl (C=O) groups is 1. The van der Waals surface area contributed by atoms with E-state index < -0.39 is 0 Å². The number of fused-ring (bicyclic) bond motifs is 1. The van der Waals surface area contributed by atoms with Crippen molar-refractivity contribution >= 4 is 23.5 Å². The van der Waals surface area contributed by atoms with Gasteiger partial charge in [-0.05, 0) is 31.7 Å². The van der Waals surface area contributed by atoms with Gasteiger partial charge in [0.05, 0.1) is 6.42 Å². The van der Waals surface area contributed by atoms with E-state index in [9.17, 15) is 4.79 Å². The number of nitrogens with one attached hydrogen (secondary N) is 1. The number of hydrogen-bond donors (Lipinski definition) is 2. The summed E-state index contributed by atoms with van der Waals surface area (Å²) in [7, 11) is 0. The fourth-order valence-corrected chi connectivity index (χ4v) is 4.25. The van der Waals surface area contributed by atoms with Gasteiger partial charge in [-0.3, -0.25) is 9.69 Å².